The standard InChI is InChI=1S/C29H26N8O2/c1-18-16-37(29(39)23-12-6-10-21(31-23)27-33-19-8-2-3-9-20(19)34-27)17-24(18)35-28(38)22-11-7-14-26(32-22)36-25-13-4-5-15-30-25/h2-15,18,24H,16-17H2,1H3,(H,33,34)(H,35,38)(H,30,32,36). The summed E-state index contributed by atoms with van der Waals surface area (Å²) in [7, 11) is 0. The molecule has 10 nitrogen and oxygen atoms in total. The van der Waals surface area contributed by atoms with Crippen LogP contribution in [0.3, 0.4) is 0 Å². The second-order valence-electron chi connectivity index (χ2n) is 9.53. The fourth-order valence-corrected chi connectivity index (χ4v) is 4.68. The Morgan fingerprint density at radius 3 is 2.49 bits per heavy atom. The van der Waals surface area contributed by atoms with Crippen molar-refractivity contribution in [2.45, 2.75) is 13.0 Å². The van der Waals surface area contributed by atoms with E-state index < -0.39 is 0 Å². The number of benzene rings is 1. The topological polar surface area (TPSA) is 129 Å². The number of fused-ring (bicyclic) bond motifs is 1. The molecule has 5 heterocycles. The van der Waals surface area contributed by atoms with Crippen molar-refractivity contribution in [3.05, 3.63) is 96.4 Å². The maximum absolute atomic E-state index is 13.4. The molecule has 3 N–H and O–H groups in total. The third-order valence-electron chi connectivity index (χ3n) is 6.72. The molecular formula is C29H26N8O2. The van der Waals surface area contributed by atoms with Crippen LogP contribution in [0.4, 0.5) is 11.6 Å². The molecule has 1 aromatic carbocycles. The predicted octanol–water partition coefficient (Wildman–Crippen LogP) is 4.05. The molecule has 2 unspecified atom stereocenters. The number of carbonyl (C=O) groups is 2. The van der Waals surface area contributed by atoms with Crippen LogP contribution in [0.2, 0.25) is 0 Å². The minimum Gasteiger partial charge on any atom is -0.346 e. The lowest BCUT2D eigenvalue weighted by atomic mass is 10.1. The third kappa shape index (κ3) is 5.17. The Balaban J connectivity index is 1.12. The molecule has 1 aliphatic rings. The molecule has 0 spiro atoms. The Morgan fingerprint density at radius 2 is 1.64 bits per heavy atom. The number of likely N-dealkylation sites (tertiary alicyclic amines) is 1. The number of hydrogen-bond acceptors (Lipinski definition) is 7. The molecule has 4 aromatic heterocycles. The molecule has 0 saturated carbocycles. The second-order valence-corrected chi connectivity index (χ2v) is 9.53. The summed E-state index contributed by atoms with van der Waals surface area (Å²) in [5.41, 5.74) is 2.96. The summed E-state index contributed by atoms with van der Waals surface area (Å²) in [4.78, 5) is 49.2. The molecule has 10 heteroatoms. The van der Waals surface area contributed by atoms with Crippen molar-refractivity contribution < 1.29 is 9.59 Å². The Bertz CT molecular complexity index is 1620. The fraction of sp³-hybridized carbons (Fsp3) is 0.172. The molecule has 1 aliphatic heterocycles. The first kappa shape index (κ1) is 24.2. The maximum Gasteiger partial charge on any atom is 0.272 e. The molecular weight excluding hydrogens is 492 g/mol. The number of H-pyrrole nitrogens is 1. The zero-order valence-corrected chi connectivity index (χ0v) is 21.2. The number of aromatic nitrogens is 5. The minimum atomic E-state index is -0.296. The molecule has 5 aromatic rings. The van der Waals surface area contributed by atoms with Gasteiger partial charge in [-0.1, -0.05) is 37.3 Å². The summed E-state index contributed by atoms with van der Waals surface area (Å²) in [6.07, 6.45) is 1.68. The lowest BCUT2D eigenvalue weighted by Gasteiger charge is -2.17. The summed E-state index contributed by atoms with van der Waals surface area (Å²) >= 11 is 0. The predicted molar refractivity (Wildman–Crippen MR) is 147 cm³/mol. The lowest BCUT2D eigenvalue weighted by molar-refractivity contribution is 0.0775. The van der Waals surface area contributed by atoms with Crippen LogP contribution in [0.25, 0.3) is 22.6 Å². The number of amides is 2. The van der Waals surface area contributed by atoms with Gasteiger partial charge in [-0.15, -0.1) is 0 Å². The molecule has 0 bridgehead atoms. The average Bonchev–Trinajstić information content (AvgIpc) is 3.57. The van der Waals surface area contributed by atoms with Crippen LogP contribution in [0.15, 0.2) is 85.1 Å². The molecule has 1 fully saturated rings. The first-order chi connectivity index (χ1) is 19.0. The molecule has 194 valence electrons. The van der Waals surface area contributed by atoms with E-state index in [1.807, 2.05) is 55.5 Å². The van der Waals surface area contributed by atoms with Gasteiger partial charge in [0, 0.05) is 19.3 Å². The van der Waals surface area contributed by atoms with Crippen LogP contribution in [-0.2, 0) is 0 Å². The molecule has 39 heavy (non-hydrogen) atoms. The monoisotopic (exact) mass is 518 g/mol. The minimum absolute atomic E-state index is 0.0614. The van der Waals surface area contributed by atoms with E-state index in [4.69, 9.17) is 0 Å². The molecule has 0 radical (unpaired) electrons. The van der Waals surface area contributed by atoms with Gasteiger partial charge in [-0.2, -0.15) is 0 Å². The van der Waals surface area contributed by atoms with E-state index in [-0.39, 0.29) is 29.5 Å². The summed E-state index contributed by atoms with van der Waals surface area (Å²) in [5, 5.41) is 6.15. The number of aromatic amines is 1. The van der Waals surface area contributed by atoms with Crippen LogP contribution in [0.5, 0.6) is 0 Å². The summed E-state index contributed by atoms with van der Waals surface area (Å²) in [5.74, 6) is 1.35. The van der Waals surface area contributed by atoms with Crippen molar-refractivity contribution in [2.24, 2.45) is 5.92 Å². The number of hydrogen-bond donors (Lipinski definition) is 3. The van der Waals surface area contributed by atoms with Crippen molar-refractivity contribution in [1.29, 1.82) is 0 Å². The van der Waals surface area contributed by atoms with Gasteiger partial charge in [0.25, 0.3) is 11.8 Å². The highest BCUT2D eigenvalue weighted by Crippen LogP contribution is 2.22. The molecule has 2 amide bonds. The van der Waals surface area contributed by atoms with E-state index in [1.54, 1.807) is 41.4 Å². The van der Waals surface area contributed by atoms with Gasteiger partial charge < -0.3 is 20.5 Å². The molecule has 1 saturated heterocycles. The van der Waals surface area contributed by atoms with Gasteiger partial charge in [-0.25, -0.2) is 19.9 Å². The van der Waals surface area contributed by atoms with E-state index >= 15 is 0 Å². The zero-order valence-electron chi connectivity index (χ0n) is 21.2. The summed E-state index contributed by atoms with van der Waals surface area (Å²) in [6, 6.07) is 23.6. The van der Waals surface area contributed by atoms with E-state index in [9.17, 15) is 9.59 Å². The van der Waals surface area contributed by atoms with Crippen LogP contribution in [-0.4, -0.2) is 60.8 Å². The van der Waals surface area contributed by atoms with Crippen molar-refractivity contribution in [3.63, 3.8) is 0 Å². The van der Waals surface area contributed by atoms with Crippen molar-refractivity contribution in [2.75, 3.05) is 18.4 Å². The highest BCUT2D eigenvalue weighted by molar-refractivity contribution is 5.94. The first-order valence-corrected chi connectivity index (χ1v) is 12.7. The van der Waals surface area contributed by atoms with E-state index in [0.717, 1.165) is 11.0 Å². The van der Waals surface area contributed by atoms with Gasteiger partial charge in [0.1, 0.15) is 28.7 Å². The summed E-state index contributed by atoms with van der Waals surface area (Å²) < 4.78 is 0. The number of imidazole rings is 1. The zero-order chi connectivity index (χ0) is 26.8. The number of nitrogens with one attached hydrogen (secondary N) is 3. The van der Waals surface area contributed by atoms with Gasteiger partial charge in [0.2, 0.25) is 0 Å². The normalized spacial score (nSPS) is 16.8. The Kier molecular flexibility index (Phi) is 6.42. The number of pyridine rings is 3. The second kappa shape index (κ2) is 10.3. The molecule has 2 atom stereocenters. The van der Waals surface area contributed by atoms with Crippen LogP contribution >= 0.6 is 0 Å². The maximum atomic E-state index is 13.4. The largest absolute Gasteiger partial charge is 0.346 e. The van der Waals surface area contributed by atoms with Crippen molar-refractivity contribution in [1.82, 2.24) is 35.1 Å². The number of para-hydroxylation sites is 2. The number of anilines is 2. The fourth-order valence-electron chi connectivity index (χ4n) is 4.68. The van der Waals surface area contributed by atoms with Gasteiger partial charge in [-0.05, 0) is 54.4 Å². The SMILES string of the molecule is CC1CN(C(=O)c2cccc(-c3nc4ccccc4[nH]3)n2)CC1NC(=O)c1cccc(Nc2ccccn2)n1. The van der Waals surface area contributed by atoms with Crippen LogP contribution < -0.4 is 10.6 Å². The van der Waals surface area contributed by atoms with Crippen molar-refractivity contribution >= 4 is 34.5 Å². The lowest BCUT2D eigenvalue weighted by Crippen LogP contribution is -2.40. The van der Waals surface area contributed by atoms with Gasteiger partial charge in [0.15, 0.2) is 5.82 Å². The quantitative estimate of drug-likeness (QED) is 0.309. The van der Waals surface area contributed by atoms with E-state index in [0.29, 0.717) is 41.9 Å². The van der Waals surface area contributed by atoms with Gasteiger partial charge in [0.05, 0.1) is 17.1 Å². The Labute approximate surface area is 224 Å². The van der Waals surface area contributed by atoms with E-state index in [2.05, 4.69) is 35.6 Å². The van der Waals surface area contributed by atoms with Crippen molar-refractivity contribution in [3.8, 4) is 11.5 Å². The number of carbonyl (C=O) groups excluding carboxylic acids is 2. The highest BCUT2D eigenvalue weighted by Gasteiger charge is 2.34. The third-order valence-corrected chi connectivity index (χ3v) is 6.72. The van der Waals surface area contributed by atoms with Gasteiger partial charge in [-0.3, -0.25) is 9.59 Å². The number of rotatable bonds is 6. The Morgan fingerprint density at radius 1 is 0.846 bits per heavy atom. The Hall–Kier alpha value is -5.12. The smallest absolute Gasteiger partial charge is 0.272 e. The van der Waals surface area contributed by atoms with Gasteiger partial charge >= 0.3 is 0 Å². The highest BCUT2D eigenvalue weighted by atomic mass is 16.2. The van der Waals surface area contributed by atoms with Crippen LogP contribution in [0, 0.1) is 5.92 Å². The first-order valence-electron chi connectivity index (χ1n) is 12.7. The molecule has 6 rings (SSSR count). The van der Waals surface area contributed by atoms with E-state index in [1.165, 1.54) is 0 Å². The molecule has 0 aliphatic carbocycles. The van der Waals surface area contributed by atoms with Crippen LogP contribution in [0.1, 0.15) is 27.9 Å². The average molecular weight is 519 g/mol. The number of nitrogens with zero attached hydrogens (tertiary/aromatic N) is 5. The summed E-state index contributed by atoms with van der Waals surface area (Å²) in [6.45, 7) is 2.91.